The second-order valence-corrected chi connectivity index (χ2v) is 7.40. The van der Waals surface area contributed by atoms with Crippen molar-refractivity contribution >= 4 is 15.9 Å². The molecule has 1 N–H and O–H groups in total. The van der Waals surface area contributed by atoms with Crippen LogP contribution in [0.2, 0.25) is 0 Å². The molecule has 1 aromatic carbocycles. The second-order valence-electron chi connectivity index (χ2n) is 6.49. The molecule has 114 valence electrons. The second kappa shape index (κ2) is 8.78. The van der Waals surface area contributed by atoms with Gasteiger partial charge in [0.2, 0.25) is 0 Å². The zero-order chi connectivity index (χ0) is 15.1. The monoisotopic (exact) mass is 343 g/mol. The first kappa shape index (κ1) is 17.6. The molecule has 0 bridgehead atoms. The summed E-state index contributed by atoms with van der Waals surface area (Å²) in [6.45, 7) is 10.9. The molecule has 0 aliphatic carbocycles. The first-order chi connectivity index (χ1) is 9.38. The Morgan fingerprint density at radius 1 is 1.10 bits per heavy atom. The summed E-state index contributed by atoms with van der Waals surface area (Å²) < 4.78 is 14.8. The van der Waals surface area contributed by atoms with Crippen LogP contribution < -0.4 is 5.32 Å². The predicted octanol–water partition coefficient (Wildman–Crippen LogP) is 5.04. The summed E-state index contributed by atoms with van der Waals surface area (Å²) >= 11 is 3.43. The summed E-state index contributed by atoms with van der Waals surface area (Å²) in [5, 5.41) is 3.51. The van der Waals surface area contributed by atoms with Gasteiger partial charge in [-0.15, -0.1) is 0 Å². The molecule has 0 heterocycles. The van der Waals surface area contributed by atoms with Crippen LogP contribution in [0.25, 0.3) is 0 Å². The van der Waals surface area contributed by atoms with Crippen LogP contribution in [0.3, 0.4) is 0 Å². The number of hydrogen-bond acceptors (Lipinski definition) is 1. The molecule has 0 saturated carbocycles. The standard InChI is InChI=1S/C17H27BrFN/c1-12(2)7-14(11-20-10-13(3)4)8-15-9-16(18)5-6-17(15)19/h5-6,9,12-14,20H,7-8,10-11H2,1-4H3. The van der Waals surface area contributed by atoms with Crippen LogP contribution in [0.4, 0.5) is 4.39 Å². The van der Waals surface area contributed by atoms with E-state index < -0.39 is 0 Å². The molecule has 0 spiro atoms. The molecule has 20 heavy (non-hydrogen) atoms. The molecule has 1 unspecified atom stereocenters. The summed E-state index contributed by atoms with van der Waals surface area (Å²) in [4.78, 5) is 0. The Morgan fingerprint density at radius 3 is 2.40 bits per heavy atom. The van der Waals surface area contributed by atoms with E-state index >= 15 is 0 Å². The Hall–Kier alpha value is -0.410. The Balaban J connectivity index is 2.65. The van der Waals surface area contributed by atoms with Gasteiger partial charge >= 0.3 is 0 Å². The minimum absolute atomic E-state index is 0.0918. The van der Waals surface area contributed by atoms with Crippen LogP contribution in [0.1, 0.15) is 39.7 Å². The highest BCUT2D eigenvalue weighted by atomic mass is 79.9. The molecule has 0 aliphatic rings. The van der Waals surface area contributed by atoms with Gasteiger partial charge in [-0.25, -0.2) is 4.39 Å². The van der Waals surface area contributed by atoms with Crippen molar-refractivity contribution < 1.29 is 4.39 Å². The van der Waals surface area contributed by atoms with Gasteiger partial charge in [-0.1, -0.05) is 43.6 Å². The molecule has 0 radical (unpaired) electrons. The fourth-order valence-corrected chi connectivity index (χ4v) is 2.90. The molecule has 0 aromatic heterocycles. The van der Waals surface area contributed by atoms with Crippen LogP contribution in [-0.2, 0) is 6.42 Å². The van der Waals surface area contributed by atoms with E-state index in [0.717, 1.165) is 36.0 Å². The van der Waals surface area contributed by atoms with Gasteiger partial charge < -0.3 is 5.32 Å². The highest BCUT2D eigenvalue weighted by molar-refractivity contribution is 9.10. The average molecular weight is 344 g/mol. The van der Waals surface area contributed by atoms with Crippen molar-refractivity contribution in [3.8, 4) is 0 Å². The first-order valence-corrected chi connectivity index (χ1v) is 8.32. The molecule has 0 saturated heterocycles. The summed E-state index contributed by atoms with van der Waals surface area (Å²) in [5.41, 5.74) is 0.816. The van der Waals surface area contributed by atoms with E-state index in [9.17, 15) is 4.39 Å². The average Bonchev–Trinajstić information content (AvgIpc) is 2.32. The Kier molecular flexibility index (Phi) is 7.75. The number of rotatable bonds is 8. The third-order valence-corrected chi connectivity index (χ3v) is 3.80. The molecule has 0 amide bonds. The van der Waals surface area contributed by atoms with E-state index in [-0.39, 0.29) is 5.82 Å². The zero-order valence-corrected chi connectivity index (χ0v) is 14.6. The molecular formula is C17H27BrFN. The Bertz CT molecular complexity index is 404. The fourth-order valence-electron chi connectivity index (χ4n) is 2.49. The van der Waals surface area contributed by atoms with E-state index in [4.69, 9.17) is 0 Å². The maximum absolute atomic E-state index is 13.9. The topological polar surface area (TPSA) is 12.0 Å². The third-order valence-electron chi connectivity index (χ3n) is 3.31. The SMILES string of the molecule is CC(C)CNCC(Cc1cc(Br)ccc1F)CC(C)C. The van der Waals surface area contributed by atoms with Gasteiger partial charge in [0.25, 0.3) is 0 Å². The maximum atomic E-state index is 13.9. The summed E-state index contributed by atoms with van der Waals surface area (Å²) in [6, 6.07) is 5.21. The summed E-state index contributed by atoms with van der Waals surface area (Å²) in [6.07, 6.45) is 1.92. The van der Waals surface area contributed by atoms with E-state index in [1.807, 2.05) is 6.07 Å². The van der Waals surface area contributed by atoms with E-state index in [0.29, 0.717) is 17.8 Å². The maximum Gasteiger partial charge on any atom is 0.126 e. The van der Waals surface area contributed by atoms with Crippen molar-refractivity contribution in [2.75, 3.05) is 13.1 Å². The highest BCUT2D eigenvalue weighted by Gasteiger charge is 2.14. The third kappa shape index (κ3) is 6.85. The minimum atomic E-state index is -0.0918. The molecule has 0 aliphatic heterocycles. The highest BCUT2D eigenvalue weighted by Crippen LogP contribution is 2.22. The number of halogens is 2. The van der Waals surface area contributed by atoms with Gasteiger partial charge in [-0.2, -0.15) is 0 Å². The van der Waals surface area contributed by atoms with Crippen molar-refractivity contribution in [3.05, 3.63) is 34.1 Å². The van der Waals surface area contributed by atoms with Crippen molar-refractivity contribution in [2.45, 2.75) is 40.5 Å². The van der Waals surface area contributed by atoms with Gasteiger partial charge in [0.15, 0.2) is 0 Å². The van der Waals surface area contributed by atoms with Crippen molar-refractivity contribution in [1.29, 1.82) is 0 Å². The zero-order valence-electron chi connectivity index (χ0n) is 13.0. The lowest BCUT2D eigenvalue weighted by atomic mass is 9.90. The van der Waals surface area contributed by atoms with Crippen molar-refractivity contribution in [3.63, 3.8) is 0 Å². The lowest BCUT2D eigenvalue weighted by Gasteiger charge is -2.21. The quantitative estimate of drug-likeness (QED) is 0.697. The van der Waals surface area contributed by atoms with E-state index in [2.05, 4.69) is 48.9 Å². The predicted molar refractivity (Wildman–Crippen MR) is 88.5 cm³/mol. The van der Waals surface area contributed by atoms with Gasteiger partial charge in [0, 0.05) is 4.47 Å². The molecular weight excluding hydrogens is 317 g/mol. The van der Waals surface area contributed by atoms with Gasteiger partial charge in [0.1, 0.15) is 5.82 Å². The van der Waals surface area contributed by atoms with Crippen LogP contribution in [-0.4, -0.2) is 13.1 Å². The molecule has 1 rings (SSSR count). The lowest BCUT2D eigenvalue weighted by Crippen LogP contribution is -2.28. The van der Waals surface area contributed by atoms with Crippen LogP contribution in [0, 0.1) is 23.6 Å². The van der Waals surface area contributed by atoms with E-state index in [1.165, 1.54) is 0 Å². The molecule has 3 heteroatoms. The Morgan fingerprint density at radius 2 is 1.80 bits per heavy atom. The molecule has 1 nitrogen and oxygen atoms in total. The van der Waals surface area contributed by atoms with E-state index in [1.54, 1.807) is 12.1 Å². The molecule has 1 aromatic rings. The summed E-state index contributed by atoms with van der Waals surface area (Å²) in [5.74, 6) is 1.68. The Labute approximate surface area is 131 Å². The molecule has 0 fully saturated rings. The summed E-state index contributed by atoms with van der Waals surface area (Å²) in [7, 11) is 0. The molecule has 1 atom stereocenters. The number of nitrogens with one attached hydrogen (secondary N) is 1. The van der Waals surface area contributed by atoms with Gasteiger partial charge in [0.05, 0.1) is 0 Å². The van der Waals surface area contributed by atoms with Crippen molar-refractivity contribution in [2.24, 2.45) is 17.8 Å². The van der Waals surface area contributed by atoms with Crippen LogP contribution in [0.5, 0.6) is 0 Å². The normalized spacial score (nSPS) is 13.2. The largest absolute Gasteiger partial charge is 0.316 e. The first-order valence-electron chi connectivity index (χ1n) is 7.53. The van der Waals surface area contributed by atoms with Crippen LogP contribution >= 0.6 is 15.9 Å². The van der Waals surface area contributed by atoms with Crippen molar-refractivity contribution in [1.82, 2.24) is 5.32 Å². The lowest BCUT2D eigenvalue weighted by molar-refractivity contribution is 0.372. The fraction of sp³-hybridized carbons (Fsp3) is 0.647. The van der Waals surface area contributed by atoms with Gasteiger partial charge in [-0.3, -0.25) is 0 Å². The number of hydrogen-bond donors (Lipinski definition) is 1. The number of benzene rings is 1. The van der Waals surface area contributed by atoms with Gasteiger partial charge in [-0.05, 0) is 67.4 Å². The van der Waals surface area contributed by atoms with Crippen LogP contribution in [0.15, 0.2) is 22.7 Å². The minimum Gasteiger partial charge on any atom is -0.316 e. The smallest absolute Gasteiger partial charge is 0.126 e.